The number of methoxy groups -OCH3 is 1. The summed E-state index contributed by atoms with van der Waals surface area (Å²) in [6.07, 6.45) is 0. The third-order valence-electron chi connectivity index (χ3n) is 2.87. The summed E-state index contributed by atoms with van der Waals surface area (Å²) in [5.41, 5.74) is 0. The Kier molecular flexibility index (Phi) is 4.01. The Morgan fingerprint density at radius 3 is 2.55 bits per heavy atom. The lowest BCUT2D eigenvalue weighted by molar-refractivity contribution is 0.398. The maximum absolute atomic E-state index is 12.6. The molecule has 2 aromatic heterocycles. The zero-order valence-electron chi connectivity index (χ0n) is 11.7. The maximum atomic E-state index is 12.6. The molecule has 0 bridgehead atoms. The highest BCUT2D eigenvalue weighted by molar-refractivity contribution is 7.93. The van der Waals surface area contributed by atoms with Gasteiger partial charge in [-0.2, -0.15) is 4.98 Å². The van der Waals surface area contributed by atoms with Crippen LogP contribution in [0.3, 0.4) is 0 Å². The summed E-state index contributed by atoms with van der Waals surface area (Å²) in [5, 5.41) is 0. The van der Waals surface area contributed by atoms with E-state index in [9.17, 15) is 8.42 Å². The fraction of sp³-hybridized carbons (Fsp3) is 0.308. The highest BCUT2D eigenvalue weighted by Gasteiger charge is 2.25. The Morgan fingerprint density at radius 2 is 2.00 bits per heavy atom. The van der Waals surface area contributed by atoms with Crippen LogP contribution >= 0.6 is 11.3 Å². The van der Waals surface area contributed by atoms with Gasteiger partial charge in [-0.15, -0.1) is 11.3 Å². The van der Waals surface area contributed by atoms with Gasteiger partial charge in [-0.25, -0.2) is 8.42 Å². The standard InChI is InChI=1S/C13H16N2O3S2/c1-9-8-11(10(2)19-9)20(16,17)15(3)12-6-5-7-13(14-12)18-4/h5-8H,1-4H3. The fourth-order valence-electron chi connectivity index (χ4n) is 1.83. The van der Waals surface area contributed by atoms with E-state index in [1.54, 1.807) is 31.2 Å². The molecule has 0 radical (unpaired) electrons. The number of aromatic nitrogens is 1. The quantitative estimate of drug-likeness (QED) is 0.870. The molecule has 2 heterocycles. The van der Waals surface area contributed by atoms with E-state index in [-0.39, 0.29) is 0 Å². The van der Waals surface area contributed by atoms with E-state index in [1.807, 2.05) is 6.92 Å². The lowest BCUT2D eigenvalue weighted by Crippen LogP contribution is -2.27. The number of anilines is 1. The molecule has 0 aliphatic rings. The van der Waals surface area contributed by atoms with Gasteiger partial charge in [0.1, 0.15) is 10.7 Å². The maximum Gasteiger partial charge on any atom is 0.266 e. The van der Waals surface area contributed by atoms with E-state index in [0.717, 1.165) is 9.75 Å². The fourth-order valence-corrected chi connectivity index (χ4v) is 4.49. The van der Waals surface area contributed by atoms with Gasteiger partial charge < -0.3 is 4.74 Å². The molecule has 20 heavy (non-hydrogen) atoms. The van der Waals surface area contributed by atoms with Crippen molar-refractivity contribution < 1.29 is 13.2 Å². The number of ether oxygens (including phenoxy) is 1. The van der Waals surface area contributed by atoms with Gasteiger partial charge in [-0.3, -0.25) is 4.31 Å². The van der Waals surface area contributed by atoms with Crippen LogP contribution in [0.2, 0.25) is 0 Å². The molecule has 5 nitrogen and oxygen atoms in total. The first-order valence-corrected chi connectivity index (χ1v) is 8.19. The summed E-state index contributed by atoms with van der Waals surface area (Å²) in [6.45, 7) is 3.69. The smallest absolute Gasteiger partial charge is 0.266 e. The zero-order valence-corrected chi connectivity index (χ0v) is 13.4. The molecule has 0 spiro atoms. The van der Waals surface area contributed by atoms with Gasteiger partial charge in [0.05, 0.1) is 7.11 Å². The second-order valence-corrected chi connectivity index (χ2v) is 7.69. The predicted octanol–water partition coefficient (Wildman–Crippen LogP) is 2.59. The number of thiophene rings is 1. The van der Waals surface area contributed by atoms with Crippen molar-refractivity contribution in [3.05, 3.63) is 34.0 Å². The number of sulfonamides is 1. The molecule has 0 aliphatic heterocycles. The van der Waals surface area contributed by atoms with E-state index in [0.29, 0.717) is 16.6 Å². The average Bonchev–Trinajstić information content (AvgIpc) is 2.77. The van der Waals surface area contributed by atoms with Gasteiger partial charge in [0.2, 0.25) is 5.88 Å². The van der Waals surface area contributed by atoms with Gasteiger partial charge in [0.15, 0.2) is 0 Å². The second-order valence-electron chi connectivity index (χ2n) is 4.29. The Morgan fingerprint density at radius 1 is 1.30 bits per heavy atom. The Bertz CT molecular complexity index is 723. The van der Waals surface area contributed by atoms with Crippen molar-refractivity contribution in [3.63, 3.8) is 0 Å². The van der Waals surface area contributed by atoms with Crippen LogP contribution < -0.4 is 9.04 Å². The van der Waals surface area contributed by atoms with Gasteiger partial charge >= 0.3 is 0 Å². The SMILES string of the molecule is COc1cccc(N(C)S(=O)(=O)c2cc(C)sc2C)n1. The van der Waals surface area contributed by atoms with Gasteiger partial charge in [-0.05, 0) is 26.0 Å². The summed E-state index contributed by atoms with van der Waals surface area (Å²) < 4.78 is 31.4. The molecule has 7 heteroatoms. The molecule has 0 aliphatic carbocycles. The third kappa shape index (κ3) is 2.64. The van der Waals surface area contributed by atoms with E-state index >= 15 is 0 Å². The second kappa shape index (κ2) is 5.41. The molecule has 0 amide bonds. The van der Waals surface area contributed by atoms with Crippen molar-refractivity contribution in [1.82, 2.24) is 4.98 Å². The van der Waals surface area contributed by atoms with E-state index in [4.69, 9.17) is 4.74 Å². The largest absolute Gasteiger partial charge is 0.481 e. The summed E-state index contributed by atoms with van der Waals surface area (Å²) in [5.74, 6) is 0.704. The summed E-state index contributed by atoms with van der Waals surface area (Å²) in [7, 11) is -0.618. The van der Waals surface area contributed by atoms with Crippen LogP contribution in [0.15, 0.2) is 29.2 Å². The molecular formula is C13H16N2O3S2. The van der Waals surface area contributed by atoms with Gasteiger partial charge in [0.25, 0.3) is 10.0 Å². The number of rotatable bonds is 4. The molecule has 0 atom stereocenters. The highest BCUT2D eigenvalue weighted by Crippen LogP contribution is 2.29. The first-order chi connectivity index (χ1) is 9.36. The topological polar surface area (TPSA) is 59.5 Å². The summed E-state index contributed by atoms with van der Waals surface area (Å²) in [6, 6.07) is 6.70. The van der Waals surface area contributed by atoms with Crippen LogP contribution in [0.1, 0.15) is 9.75 Å². The van der Waals surface area contributed by atoms with Crippen molar-refractivity contribution in [2.45, 2.75) is 18.7 Å². The zero-order chi connectivity index (χ0) is 14.9. The first kappa shape index (κ1) is 14.8. The van der Waals surface area contributed by atoms with Crippen LogP contribution in [0.5, 0.6) is 5.88 Å². The number of nitrogens with zero attached hydrogens (tertiary/aromatic N) is 2. The van der Waals surface area contributed by atoms with E-state index in [2.05, 4.69) is 4.98 Å². The van der Waals surface area contributed by atoms with Crippen molar-refractivity contribution in [1.29, 1.82) is 0 Å². The lowest BCUT2D eigenvalue weighted by Gasteiger charge is -2.18. The summed E-state index contributed by atoms with van der Waals surface area (Å²) in [4.78, 5) is 6.21. The number of aryl methyl sites for hydroxylation is 2. The Hall–Kier alpha value is -1.60. The predicted molar refractivity (Wildman–Crippen MR) is 80.2 cm³/mol. The van der Waals surface area contributed by atoms with Crippen LogP contribution in [-0.2, 0) is 10.0 Å². The molecule has 0 saturated heterocycles. The lowest BCUT2D eigenvalue weighted by atomic mass is 10.4. The van der Waals surface area contributed by atoms with E-state index < -0.39 is 10.0 Å². The monoisotopic (exact) mass is 312 g/mol. The first-order valence-electron chi connectivity index (χ1n) is 5.93. The number of pyridine rings is 1. The minimum absolute atomic E-state index is 0.326. The molecule has 0 N–H and O–H groups in total. The van der Waals surface area contributed by atoms with Gasteiger partial charge in [-0.1, -0.05) is 6.07 Å². The number of hydrogen-bond donors (Lipinski definition) is 0. The molecule has 0 fully saturated rings. The van der Waals surface area contributed by atoms with Crippen molar-refractivity contribution >= 4 is 27.2 Å². The third-order valence-corrected chi connectivity index (χ3v) is 5.86. The van der Waals surface area contributed by atoms with E-state index in [1.165, 1.54) is 29.8 Å². The molecular weight excluding hydrogens is 296 g/mol. The Labute approximate surface area is 122 Å². The molecule has 2 aromatic rings. The summed E-state index contributed by atoms with van der Waals surface area (Å²) >= 11 is 1.47. The van der Waals surface area contributed by atoms with Crippen LogP contribution in [0, 0.1) is 13.8 Å². The van der Waals surface area contributed by atoms with Gasteiger partial charge in [0, 0.05) is 22.9 Å². The molecule has 2 rings (SSSR count). The molecule has 0 saturated carbocycles. The van der Waals surface area contributed by atoms with Crippen LogP contribution in [0.4, 0.5) is 5.82 Å². The van der Waals surface area contributed by atoms with Crippen LogP contribution in [-0.4, -0.2) is 27.6 Å². The van der Waals surface area contributed by atoms with Crippen molar-refractivity contribution in [2.24, 2.45) is 0 Å². The molecule has 108 valence electrons. The van der Waals surface area contributed by atoms with Crippen molar-refractivity contribution in [3.8, 4) is 5.88 Å². The normalized spacial score (nSPS) is 11.4. The molecule has 0 aromatic carbocycles. The van der Waals surface area contributed by atoms with Crippen LogP contribution in [0.25, 0.3) is 0 Å². The highest BCUT2D eigenvalue weighted by atomic mass is 32.2. The Balaban J connectivity index is 2.45. The van der Waals surface area contributed by atoms with Crippen molar-refractivity contribution in [2.75, 3.05) is 18.5 Å². The molecule has 0 unspecified atom stereocenters. The minimum atomic E-state index is -3.60. The average molecular weight is 312 g/mol. The minimum Gasteiger partial charge on any atom is -0.481 e. The number of hydrogen-bond acceptors (Lipinski definition) is 5.